The minimum Gasteiger partial charge on any atom is -0.481 e. The molecule has 0 aromatic heterocycles. The number of rotatable bonds is 5. The fourth-order valence-corrected chi connectivity index (χ4v) is 3.45. The highest BCUT2D eigenvalue weighted by atomic mass is 32.2. The third-order valence-corrected chi connectivity index (χ3v) is 4.49. The maximum atomic E-state index is 10.7. The lowest BCUT2D eigenvalue weighted by atomic mass is 9.80. The number of hydrogen-bond donors (Lipinski definition) is 2. The van der Waals surface area contributed by atoms with Crippen LogP contribution in [-0.2, 0) is 17.6 Å². The van der Waals surface area contributed by atoms with Crippen molar-refractivity contribution in [3.63, 3.8) is 0 Å². The molecule has 1 aromatic rings. The molecule has 1 aliphatic rings. The number of fused-ring (bicyclic) bond motifs is 1. The second kappa shape index (κ2) is 6.61. The molecular formula is C15H21NO3S. The number of benzene rings is 1. The number of carboxylic acids is 1. The van der Waals surface area contributed by atoms with Gasteiger partial charge < -0.3 is 10.2 Å². The van der Waals surface area contributed by atoms with E-state index in [9.17, 15) is 9.90 Å². The molecule has 20 heavy (non-hydrogen) atoms. The van der Waals surface area contributed by atoms with E-state index in [1.54, 1.807) is 11.9 Å². The van der Waals surface area contributed by atoms with E-state index in [4.69, 9.17) is 5.11 Å². The standard InChI is InChI=1S/C15H21NO3S/c1-16(2)20-13-6-5-10-7-12(4-3-11(10)8-13)14(17)9-15(18)19/h5-6,8,12,14,17H,3-4,7,9H2,1-2H3,(H,18,19). The first-order valence-corrected chi connectivity index (χ1v) is 7.60. The largest absolute Gasteiger partial charge is 0.481 e. The van der Waals surface area contributed by atoms with Crippen LogP contribution in [0, 0.1) is 5.92 Å². The molecular weight excluding hydrogens is 274 g/mol. The molecule has 2 N–H and O–H groups in total. The van der Waals surface area contributed by atoms with E-state index in [1.165, 1.54) is 16.0 Å². The average Bonchev–Trinajstić information content (AvgIpc) is 2.36. The zero-order valence-corrected chi connectivity index (χ0v) is 12.7. The number of carboxylic acid groups (broad SMARTS) is 1. The Labute approximate surface area is 123 Å². The minimum atomic E-state index is -0.930. The lowest BCUT2D eigenvalue weighted by Gasteiger charge is -2.28. The Morgan fingerprint density at radius 3 is 2.85 bits per heavy atom. The first-order chi connectivity index (χ1) is 9.45. The van der Waals surface area contributed by atoms with Crippen molar-refractivity contribution in [1.82, 2.24) is 4.31 Å². The summed E-state index contributed by atoms with van der Waals surface area (Å²) in [6.45, 7) is 0. The van der Waals surface area contributed by atoms with Gasteiger partial charge in [-0.05, 0) is 74.5 Å². The molecule has 0 heterocycles. The van der Waals surface area contributed by atoms with Crippen LogP contribution in [-0.4, -0.2) is 40.7 Å². The molecule has 0 aliphatic heterocycles. The van der Waals surface area contributed by atoms with E-state index < -0.39 is 12.1 Å². The van der Waals surface area contributed by atoms with Crippen molar-refractivity contribution in [3.8, 4) is 0 Å². The van der Waals surface area contributed by atoms with Crippen LogP contribution in [0.1, 0.15) is 24.0 Å². The predicted octanol–water partition coefficient (Wildman–Crippen LogP) is 2.20. The van der Waals surface area contributed by atoms with Crippen LogP contribution in [0.25, 0.3) is 0 Å². The van der Waals surface area contributed by atoms with Gasteiger partial charge in [-0.2, -0.15) is 0 Å². The van der Waals surface area contributed by atoms with Crippen LogP contribution in [0.15, 0.2) is 23.1 Å². The van der Waals surface area contributed by atoms with Crippen LogP contribution in [0.5, 0.6) is 0 Å². The molecule has 110 valence electrons. The van der Waals surface area contributed by atoms with Crippen LogP contribution in [0.3, 0.4) is 0 Å². The lowest BCUT2D eigenvalue weighted by molar-refractivity contribution is -0.140. The van der Waals surface area contributed by atoms with E-state index >= 15 is 0 Å². The third-order valence-electron chi connectivity index (χ3n) is 3.66. The van der Waals surface area contributed by atoms with Crippen molar-refractivity contribution >= 4 is 17.9 Å². The Morgan fingerprint density at radius 1 is 1.45 bits per heavy atom. The number of hydrogen-bond acceptors (Lipinski definition) is 4. The molecule has 1 aromatic carbocycles. The number of aryl methyl sites for hydroxylation is 1. The fraction of sp³-hybridized carbons (Fsp3) is 0.533. The predicted molar refractivity (Wildman–Crippen MR) is 79.8 cm³/mol. The number of carbonyl (C=O) groups is 1. The molecule has 0 saturated carbocycles. The van der Waals surface area contributed by atoms with Gasteiger partial charge in [0.05, 0.1) is 12.5 Å². The Morgan fingerprint density at radius 2 is 2.20 bits per heavy atom. The van der Waals surface area contributed by atoms with Crippen molar-refractivity contribution in [1.29, 1.82) is 0 Å². The molecule has 1 aliphatic carbocycles. The van der Waals surface area contributed by atoms with Crippen LogP contribution < -0.4 is 0 Å². The van der Waals surface area contributed by atoms with Gasteiger partial charge in [0, 0.05) is 4.90 Å². The summed E-state index contributed by atoms with van der Waals surface area (Å²) in [6, 6.07) is 6.41. The minimum absolute atomic E-state index is 0.0611. The van der Waals surface area contributed by atoms with Crippen LogP contribution >= 0.6 is 11.9 Å². The normalized spacial score (nSPS) is 19.7. The molecule has 0 radical (unpaired) electrons. The van der Waals surface area contributed by atoms with Crippen LogP contribution in [0.4, 0.5) is 0 Å². The summed E-state index contributed by atoms with van der Waals surface area (Å²) in [4.78, 5) is 11.9. The van der Waals surface area contributed by atoms with Crippen molar-refractivity contribution in [2.45, 2.75) is 36.7 Å². The zero-order chi connectivity index (χ0) is 14.7. The molecule has 0 spiro atoms. The summed E-state index contributed by atoms with van der Waals surface area (Å²) in [5.74, 6) is -0.869. The average molecular weight is 295 g/mol. The molecule has 0 amide bonds. The maximum absolute atomic E-state index is 10.7. The summed E-state index contributed by atoms with van der Waals surface area (Å²) >= 11 is 1.69. The second-order valence-corrected chi connectivity index (χ2v) is 6.89. The van der Waals surface area contributed by atoms with Gasteiger partial charge in [0.2, 0.25) is 0 Å². The molecule has 2 unspecified atom stereocenters. The number of aliphatic carboxylic acids is 1. The first kappa shape index (κ1) is 15.4. The lowest BCUT2D eigenvalue weighted by Crippen LogP contribution is -2.28. The van der Waals surface area contributed by atoms with Gasteiger partial charge in [-0.1, -0.05) is 6.07 Å². The topological polar surface area (TPSA) is 60.8 Å². The van der Waals surface area contributed by atoms with Gasteiger partial charge in [0.15, 0.2) is 0 Å². The summed E-state index contributed by atoms with van der Waals surface area (Å²) in [7, 11) is 4.03. The van der Waals surface area contributed by atoms with E-state index in [0.29, 0.717) is 0 Å². The Bertz CT molecular complexity index is 490. The summed E-state index contributed by atoms with van der Waals surface area (Å²) in [6.07, 6.45) is 1.65. The summed E-state index contributed by atoms with van der Waals surface area (Å²) in [5, 5.41) is 18.7. The van der Waals surface area contributed by atoms with Gasteiger partial charge in [-0.25, -0.2) is 0 Å². The highest BCUT2D eigenvalue weighted by Crippen LogP contribution is 2.32. The molecule has 0 saturated heterocycles. The van der Waals surface area contributed by atoms with E-state index in [1.807, 2.05) is 14.1 Å². The van der Waals surface area contributed by atoms with E-state index in [0.717, 1.165) is 19.3 Å². The van der Waals surface area contributed by atoms with E-state index in [-0.39, 0.29) is 12.3 Å². The van der Waals surface area contributed by atoms with Crippen molar-refractivity contribution in [3.05, 3.63) is 29.3 Å². The van der Waals surface area contributed by atoms with Crippen molar-refractivity contribution < 1.29 is 15.0 Å². The number of aliphatic hydroxyl groups excluding tert-OH is 1. The number of aliphatic hydroxyl groups is 1. The zero-order valence-electron chi connectivity index (χ0n) is 11.9. The Hall–Kier alpha value is -1.04. The Balaban J connectivity index is 2.05. The third kappa shape index (κ3) is 3.98. The molecule has 2 atom stereocenters. The highest BCUT2D eigenvalue weighted by Gasteiger charge is 2.26. The maximum Gasteiger partial charge on any atom is 0.305 e. The molecule has 2 rings (SSSR count). The van der Waals surface area contributed by atoms with Crippen molar-refractivity contribution in [2.75, 3.05) is 14.1 Å². The quantitative estimate of drug-likeness (QED) is 0.816. The second-order valence-electron chi connectivity index (χ2n) is 5.50. The monoisotopic (exact) mass is 295 g/mol. The van der Waals surface area contributed by atoms with Gasteiger partial charge in [0.25, 0.3) is 0 Å². The van der Waals surface area contributed by atoms with Gasteiger partial charge in [-0.15, -0.1) is 0 Å². The summed E-state index contributed by atoms with van der Waals surface area (Å²) < 4.78 is 2.06. The molecule has 5 heteroatoms. The fourth-order valence-electron chi connectivity index (χ4n) is 2.70. The Kier molecular flexibility index (Phi) is 5.07. The van der Waals surface area contributed by atoms with E-state index in [2.05, 4.69) is 22.5 Å². The van der Waals surface area contributed by atoms with Crippen LogP contribution in [0.2, 0.25) is 0 Å². The van der Waals surface area contributed by atoms with Gasteiger partial charge in [-0.3, -0.25) is 9.10 Å². The summed E-state index contributed by atoms with van der Waals surface area (Å²) in [5.41, 5.74) is 2.57. The van der Waals surface area contributed by atoms with Gasteiger partial charge in [0.1, 0.15) is 0 Å². The first-order valence-electron chi connectivity index (χ1n) is 6.82. The van der Waals surface area contributed by atoms with Gasteiger partial charge >= 0.3 is 5.97 Å². The molecule has 0 fully saturated rings. The SMILES string of the molecule is CN(C)Sc1ccc2c(c1)CCC(C(O)CC(=O)O)C2. The molecule has 4 nitrogen and oxygen atoms in total. The highest BCUT2D eigenvalue weighted by molar-refractivity contribution is 7.97. The molecule has 0 bridgehead atoms. The van der Waals surface area contributed by atoms with Crippen molar-refractivity contribution in [2.24, 2.45) is 5.92 Å². The smallest absolute Gasteiger partial charge is 0.305 e. The number of nitrogens with zero attached hydrogens (tertiary/aromatic N) is 1.